The third kappa shape index (κ3) is 2.26. The summed E-state index contributed by atoms with van der Waals surface area (Å²) in [5.41, 5.74) is 1.85. The van der Waals surface area contributed by atoms with Crippen molar-refractivity contribution in [3.05, 3.63) is 58.6 Å². The number of halogens is 1. The predicted molar refractivity (Wildman–Crippen MR) is 69.2 cm³/mol. The summed E-state index contributed by atoms with van der Waals surface area (Å²) in [5, 5.41) is 9.36. The normalized spacial score (nSPS) is 10.1. The molecule has 2 rings (SSSR count). The fraction of sp³-hybridized carbons (Fsp3) is 0. The van der Waals surface area contributed by atoms with Gasteiger partial charge in [0.2, 0.25) is 0 Å². The largest absolute Gasteiger partial charge is 0.478 e. The predicted octanol–water partition coefficient (Wildman–Crippen LogP) is 3.52. The second-order valence-corrected chi connectivity index (χ2v) is 4.11. The lowest BCUT2D eigenvalue weighted by Gasteiger charge is -2.08. The fourth-order valence-corrected chi connectivity index (χ4v) is 1.98. The molecule has 4 heteroatoms. The van der Waals surface area contributed by atoms with Crippen molar-refractivity contribution >= 4 is 23.9 Å². The minimum absolute atomic E-state index is 0.0676. The van der Waals surface area contributed by atoms with Crippen molar-refractivity contribution in [3.63, 3.8) is 0 Å². The van der Waals surface area contributed by atoms with Gasteiger partial charge in [-0.2, -0.15) is 0 Å². The molecule has 0 aromatic heterocycles. The van der Waals surface area contributed by atoms with E-state index < -0.39 is 5.97 Å². The number of carbonyl (C=O) groups excluding carboxylic acids is 1. The Balaban J connectivity index is 2.59. The molecule has 3 nitrogen and oxygen atoms in total. The fourth-order valence-electron chi connectivity index (χ4n) is 1.72. The van der Waals surface area contributed by atoms with Gasteiger partial charge in [-0.1, -0.05) is 48.0 Å². The number of carboxylic acid groups (broad SMARTS) is 1. The summed E-state index contributed by atoms with van der Waals surface area (Å²) in [7, 11) is 0. The van der Waals surface area contributed by atoms with Crippen molar-refractivity contribution in [1.82, 2.24) is 0 Å². The van der Waals surface area contributed by atoms with E-state index in [1.165, 1.54) is 6.07 Å². The molecule has 0 saturated carbocycles. The minimum Gasteiger partial charge on any atom is -0.478 e. The Kier molecular flexibility index (Phi) is 3.44. The van der Waals surface area contributed by atoms with Gasteiger partial charge in [0.25, 0.3) is 0 Å². The van der Waals surface area contributed by atoms with Gasteiger partial charge >= 0.3 is 5.97 Å². The molecule has 0 aliphatic heterocycles. The molecule has 0 unspecified atom stereocenters. The second-order valence-electron chi connectivity index (χ2n) is 3.71. The quantitative estimate of drug-likeness (QED) is 0.859. The maximum absolute atomic E-state index is 11.2. The van der Waals surface area contributed by atoms with Crippen LogP contribution in [0.25, 0.3) is 11.1 Å². The average molecular weight is 261 g/mol. The van der Waals surface area contributed by atoms with E-state index in [-0.39, 0.29) is 10.6 Å². The van der Waals surface area contributed by atoms with Crippen LogP contribution in [0.4, 0.5) is 0 Å². The van der Waals surface area contributed by atoms with Crippen LogP contribution in [-0.2, 0) is 0 Å². The zero-order chi connectivity index (χ0) is 13.1. The molecular formula is C14H9ClO3. The van der Waals surface area contributed by atoms with Crippen molar-refractivity contribution in [2.24, 2.45) is 0 Å². The van der Waals surface area contributed by atoms with Crippen molar-refractivity contribution in [1.29, 1.82) is 0 Å². The number of rotatable bonds is 3. The monoisotopic (exact) mass is 260 g/mol. The molecule has 0 atom stereocenters. The molecule has 0 heterocycles. The highest BCUT2D eigenvalue weighted by Crippen LogP contribution is 2.29. The van der Waals surface area contributed by atoms with Gasteiger partial charge in [-0.3, -0.25) is 4.79 Å². The Morgan fingerprint density at radius 1 is 1.11 bits per heavy atom. The van der Waals surface area contributed by atoms with Crippen molar-refractivity contribution in [2.45, 2.75) is 0 Å². The number of carbonyl (C=O) groups is 2. The second kappa shape index (κ2) is 5.02. The molecule has 90 valence electrons. The first-order chi connectivity index (χ1) is 8.63. The summed E-state index contributed by atoms with van der Waals surface area (Å²) in [5.74, 6) is -1.07. The average Bonchev–Trinajstić information content (AvgIpc) is 2.38. The lowest BCUT2D eigenvalue weighted by atomic mass is 9.99. The molecule has 0 spiro atoms. The van der Waals surface area contributed by atoms with Gasteiger partial charge in [0.15, 0.2) is 0 Å². The van der Waals surface area contributed by atoms with Gasteiger partial charge in [-0.05, 0) is 17.2 Å². The molecule has 0 amide bonds. The molecule has 2 aromatic carbocycles. The lowest BCUT2D eigenvalue weighted by molar-refractivity contribution is 0.0697. The Hall–Kier alpha value is -2.13. The van der Waals surface area contributed by atoms with Gasteiger partial charge in [0.1, 0.15) is 6.29 Å². The van der Waals surface area contributed by atoms with Crippen LogP contribution in [0.3, 0.4) is 0 Å². The molecule has 0 aliphatic carbocycles. The van der Waals surface area contributed by atoms with E-state index in [1.807, 2.05) is 0 Å². The van der Waals surface area contributed by atoms with Crippen molar-refractivity contribution < 1.29 is 14.7 Å². The highest BCUT2D eigenvalue weighted by molar-refractivity contribution is 6.34. The van der Waals surface area contributed by atoms with Crippen LogP contribution >= 0.6 is 11.6 Å². The molecule has 0 radical (unpaired) electrons. The first-order valence-corrected chi connectivity index (χ1v) is 5.58. The first-order valence-electron chi connectivity index (χ1n) is 5.21. The SMILES string of the molecule is O=Cc1ccc(-c2cccc(Cl)c2C(=O)O)cc1. The van der Waals surface area contributed by atoms with E-state index in [9.17, 15) is 9.59 Å². The van der Waals surface area contributed by atoms with E-state index in [1.54, 1.807) is 36.4 Å². The van der Waals surface area contributed by atoms with Gasteiger partial charge in [0.05, 0.1) is 10.6 Å². The zero-order valence-electron chi connectivity index (χ0n) is 9.26. The summed E-state index contributed by atoms with van der Waals surface area (Å²) in [4.78, 5) is 21.8. The molecular weight excluding hydrogens is 252 g/mol. The van der Waals surface area contributed by atoms with E-state index in [0.717, 1.165) is 6.29 Å². The Bertz CT molecular complexity index is 603. The Labute approximate surface area is 109 Å². The van der Waals surface area contributed by atoms with Crippen molar-refractivity contribution in [3.8, 4) is 11.1 Å². The Morgan fingerprint density at radius 3 is 2.33 bits per heavy atom. The number of benzene rings is 2. The topological polar surface area (TPSA) is 54.4 Å². The number of carboxylic acids is 1. The van der Waals surface area contributed by atoms with Crippen molar-refractivity contribution in [2.75, 3.05) is 0 Å². The molecule has 2 aromatic rings. The highest BCUT2D eigenvalue weighted by Gasteiger charge is 2.15. The smallest absolute Gasteiger partial charge is 0.337 e. The standard InChI is InChI=1S/C14H9ClO3/c15-12-3-1-2-11(13(12)14(17)18)10-6-4-9(8-16)5-7-10/h1-8H,(H,17,18). The summed E-state index contributed by atoms with van der Waals surface area (Å²) < 4.78 is 0. The van der Waals surface area contributed by atoms with Gasteiger partial charge < -0.3 is 5.11 Å². The van der Waals surface area contributed by atoms with Crippen LogP contribution in [0.1, 0.15) is 20.7 Å². The van der Waals surface area contributed by atoms with Crippen LogP contribution in [0.15, 0.2) is 42.5 Å². The lowest BCUT2D eigenvalue weighted by Crippen LogP contribution is -2.00. The van der Waals surface area contributed by atoms with E-state index in [0.29, 0.717) is 16.7 Å². The van der Waals surface area contributed by atoms with E-state index >= 15 is 0 Å². The number of aromatic carboxylic acids is 1. The summed E-state index contributed by atoms with van der Waals surface area (Å²) >= 11 is 5.90. The van der Waals surface area contributed by atoms with Gasteiger partial charge in [0, 0.05) is 5.56 Å². The number of hydrogen-bond donors (Lipinski definition) is 1. The van der Waals surface area contributed by atoms with Gasteiger partial charge in [-0.25, -0.2) is 4.79 Å². The van der Waals surface area contributed by atoms with Crippen LogP contribution < -0.4 is 0 Å². The van der Waals surface area contributed by atoms with Crippen LogP contribution in [0.2, 0.25) is 5.02 Å². The highest BCUT2D eigenvalue weighted by atomic mass is 35.5. The Morgan fingerprint density at radius 2 is 1.78 bits per heavy atom. The number of hydrogen-bond acceptors (Lipinski definition) is 2. The third-order valence-electron chi connectivity index (χ3n) is 2.59. The molecule has 0 bridgehead atoms. The summed E-state index contributed by atoms with van der Waals surface area (Å²) in [6, 6.07) is 11.6. The minimum atomic E-state index is -1.07. The van der Waals surface area contributed by atoms with Crippen LogP contribution in [0.5, 0.6) is 0 Å². The molecule has 0 saturated heterocycles. The first kappa shape index (κ1) is 12.3. The van der Waals surface area contributed by atoms with Crippen LogP contribution in [-0.4, -0.2) is 17.4 Å². The maximum Gasteiger partial charge on any atom is 0.337 e. The molecule has 1 N–H and O–H groups in total. The van der Waals surface area contributed by atoms with E-state index in [2.05, 4.69) is 0 Å². The molecule has 18 heavy (non-hydrogen) atoms. The van der Waals surface area contributed by atoms with Crippen LogP contribution in [0, 0.1) is 0 Å². The molecule has 0 aliphatic rings. The summed E-state index contributed by atoms with van der Waals surface area (Å²) in [6.07, 6.45) is 0.736. The van der Waals surface area contributed by atoms with E-state index in [4.69, 9.17) is 16.7 Å². The maximum atomic E-state index is 11.2. The van der Waals surface area contributed by atoms with Gasteiger partial charge in [-0.15, -0.1) is 0 Å². The zero-order valence-corrected chi connectivity index (χ0v) is 10.0. The summed E-state index contributed by atoms with van der Waals surface area (Å²) in [6.45, 7) is 0. The number of aldehydes is 1. The molecule has 0 fully saturated rings. The third-order valence-corrected chi connectivity index (χ3v) is 2.90.